The third-order valence-electron chi connectivity index (χ3n) is 3.55. The van der Waals surface area contributed by atoms with Crippen molar-refractivity contribution in [1.82, 2.24) is 0 Å². The molecule has 0 aromatic heterocycles. The van der Waals surface area contributed by atoms with E-state index in [1.165, 1.54) is 11.6 Å². The first-order valence-corrected chi connectivity index (χ1v) is 7.22. The Labute approximate surface area is 120 Å². The van der Waals surface area contributed by atoms with Gasteiger partial charge in [0.15, 0.2) is 0 Å². The third-order valence-corrected chi connectivity index (χ3v) is 3.55. The van der Waals surface area contributed by atoms with Gasteiger partial charge in [-0.3, -0.25) is 0 Å². The van der Waals surface area contributed by atoms with Crippen LogP contribution in [-0.4, -0.2) is 0 Å². The average Bonchev–Trinajstić information content (AvgIpc) is 2.45. The van der Waals surface area contributed by atoms with Gasteiger partial charge in [-0.1, -0.05) is 45.0 Å². The summed E-state index contributed by atoms with van der Waals surface area (Å²) in [5, 5.41) is 3.50. The highest BCUT2D eigenvalue weighted by molar-refractivity contribution is 5.48. The molecular weight excluding hydrogens is 249 g/mol. The predicted molar refractivity (Wildman–Crippen MR) is 83.6 cm³/mol. The van der Waals surface area contributed by atoms with Gasteiger partial charge in [0, 0.05) is 5.69 Å². The lowest BCUT2D eigenvalue weighted by Crippen LogP contribution is -2.10. The van der Waals surface area contributed by atoms with Crippen LogP contribution in [0.2, 0.25) is 0 Å². The van der Waals surface area contributed by atoms with E-state index in [9.17, 15) is 4.39 Å². The topological polar surface area (TPSA) is 12.0 Å². The van der Waals surface area contributed by atoms with Crippen LogP contribution < -0.4 is 5.32 Å². The molecule has 2 rings (SSSR count). The van der Waals surface area contributed by atoms with Gasteiger partial charge in [0.25, 0.3) is 0 Å². The first kappa shape index (κ1) is 14.6. The number of anilines is 1. The van der Waals surface area contributed by atoms with Crippen molar-refractivity contribution >= 4 is 5.69 Å². The molecule has 0 heterocycles. The molecule has 0 aliphatic rings. The SMILES string of the molecule is CCC(Nc1cccc(C(C)C)c1)c1cccc(F)c1. The van der Waals surface area contributed by atoms with Crippen LogP contribution in [0.5, 0.6) is 0 Å². The molecule has 0 saturated carbocycles. The van der Waals surface area contributed by atoms with Crippen molar-refractivity contribution in [1.29, 1.82) is 0 Å². The Balaban J connectivity index is 2.20. The quantitative estimate of drug-likeness (QED) is 0.755. The fourth-order valence-electron chi connectivity index (χ4n) is 2.33. The Kier molecular flexibility index (Phi) is 4.78. The van der Waals surface area contributed by atoms with Crippen LogP contribution in [0.25, 0.3) is 0 Å². The lowest BCUT2D eigenvalue weighted by molar-refractivity contribution is 0.621. The lowest BCUT2D eigenvalue weighted by Gasteiger charge is -2.20. The Hall–Kier alpha value is -1.83. The molecule has 0 radical (unpaired) electrons. The minimum atomic E-state index is -0.182. The van der Waals surface area contributed by atoms with Crippen LogP contribution in [0.3, 0.4) is 0 Å². The summed E-state index contributed by atoms with van der Waals surface area (Å²) in [4.78, 5) is 0. The molecule has 106 valence electrons. The zero-order valence-corrected chi connectivity index (χ0v) is 12.4. The largest absolute Gasteiger partial charge is 0.378 e. The maximum Gasteiger partial charge on any atom is 0.123 e. The van der Waals surface area contributed by atoms with E-state index in [-0.39, 0.29) is 11.9 Å². The lowest BCUT2D eigenvalue weighted by atomic mass is 10.0. The number of hydrogen-bond acceptors (Lipinski definition) is 1. The fourth-order valence-corrected chi connectivity index (χ4v) is 2.33. The molecule has 2 aromatic carbocycles. The van der Waals surface area contributed by atoms with Crippen molar-refractivity contribution in [2.45, 2.75) is 39.2 Å². The first-order valence-electron chi connectivity index (χ1n) is 7.22. The molecule has 2 heteroatoms. The second-order valence-electron chi connectivity index (χ2n) is 5.44. The Bertz CT molecular complexity index is 563. The standard InChI is InChI=1S/C18H22FN/c1-4-18(15-8-5-9-16(19)11-15)20-17-10-6-7-14(12-17)13(2)3/h5-13,18,20H,4H2,1-3H3. The van der Waals surface area contributed by atoms with Gasteiger partial charge < -0.3 is 5.32 Å². The molecule has 0 saturated heterocycles. The van der Waals surface area contributed by atoms with E-state index < -0.39 is 0 Å². The molecule has 0 bridgehead atoms. The molecule has 0 fully saturated rings. The van der Waals surface area contributed by atoms with Crippen LogP contribution in [0.4, 0.5) is 10.1 Å². The van der Waals surface area contributed by atoms with E-state index in [1.54, 1.807) is 12.1 Å². The van der Waals surface area contributed by atoms with E-state index in [4.69, 9.17) is 0 Å². The fraction of sp³-hybridized carbons (Fsp3) is 0.333. The van der Waals surface area contributed by atoms with Crippen molar-refractivity contribution in [3.8, 4) is 0 Å². The Morgan fingerprint density at radius 1 is 1.00 bits per heavy atom. The molecule has 20 heavy (non-hydrogen) atoms. The normalized spacial score (nSPS) is 12.4. The molecule has 0 aliphatic carbocycles. The van der Waals surface area contributed by atoms with E-state index in [1.807, 2.05) is 6.07 Å². The summed E-state index contributed by atoms with van der Waals surface area (Å²) in [6.45, 7) is 6.47. The van der Waals surface area contributed by atoms with Gasteiger partial charge in [-0.25, -0.2) is 4.39 Å². The van der Waals surface area contributed by atoms with Crippen LogP contribution in [-0.2, 0) is 0 Å². The number of hydrogen-bond donors (Lipinski definition) is 1. The zero-order valence-electron chi connectivity index (χ0n) is 12.4. The third kappa shape index (κ3) is 3.60. The maximum atomic E-state index is 13.3. The summed E-state index contributed by atoms with van der Waals surface area (Å²) in [5.41, 5.74) is 3.39. The van der Waals surface area contributed by atoms with E-state index in [0.29, 0.717) is 5.92 Å². The summed E-state index contributed by atoms with van der Waals surface area (Å²) in [6.07, 6.45) is 0.912. The van der Waals surface area contributed by atoms with Gasteiger partial charge in [-0.05, 0) is 47.7 Å². The Morgan fingerprint density at radius 2 is 1.70 bits per heavy atom. The summed E-state index contributed by atoms with van der Waals surface area (Å²) >= 11 is 0. The maximum absolute atomic E-state index is 13.3. The molecule has 1 N–H and O–H groups in total. The number of rotatable bonds is 5. The van der Waals surface area contributed by atoms with Crippen molar-refractivity contribution < 1.29 is 4.39 Å². The summed E-state index contributed by atoms with van der Waals surface area (Å²) < 4.78 is 13.3. The van der Waals surface area contributed by atoms with Gasteiger partial charge in [0.1, 0.15) is 5.82 Å². The number of nitrogens with one attached hydrogen (secondary N) is 1. The van der Waals surface area contributed by atoms with Crippen LogP contribution in [0, 0.1) is 5.82 Å². The van der Waals surface area contributed by atoms with Gasteiger partial charge >= 0.3 is 0 Å². The van der Waals surface area contributed by atoms with Crippen LogP contribution >= 0.6 is 0 Å². The molecule has 1 atom stereocenters. The van der Waals surface area contributed by atoms with Crippen molar-refractivity contribution in [3.05, 3.63) is 65.5 Å². The summed E-state index contributed by atoms with van der Waals surface area (Å²) in [7, 11) is 0. The van der Waals surface area contributed by atoms with Crippen LogP contribution in [0.1, 0.15) is 50.3 Å². The van der Waals surface area contributed by atoms with E-state index >= 15 is 0 Å². The van der Waals surface area contributed by atoms with Crippen molar-refractivity contribution in [3.63, 3.8) is 0 Å². The van der Waals surface area contributed by atoms with Gasteiger partial charge in [0.2, 0.25) is 0 Å². The van der Waals surface area contributed by atoms with Gasteiger partial charge in [-0.2, -0.15) is 0 Å². The molecular formula is C18H22FN. The summed E-state index contributed by atoms with van der Waals surface area (Å²) in [5.74, 6) is 0.324. The van der Waals surface area contributed by atoms with Crippen LogP contribution in [0.15, 0.2) is 48.5 Å². The highest BCUT2D eigenvalue weighted by Crippen LogP contribution is 2.25. The molecule has 0 amide bonds. The molecule has 2 aromatic rings. The monoisotopic (exact) mass is 271 g/mol. The van der Waals surface area contributed by atoms with Crippen molar-refractivity contribution in [2.24, 2.45) is 0 Å². The molecule has 0 spiro atoms. The second-order valence-corrected chi connectivity index (χ2v) is 5.44. The zero-order chi connectivity index (χ0) is 14.5. The first-order chi connectivity index (χ1) is 9.60. The summed E-state index contributed by atoms with van der Waals surface area (Å²) in [6, 6.07) is 15.4. The molecule has 0 aliphatic heterocycles. The minimum absolute atomic E-state index is 0.133. The van der Waals surface area contributed by atoms with E-state index in [0.717, 1.165) is 17.7 Å². The Morgan fingerprint density at radius 3 is 2.35 bits per heavy atom. The predicted octanol–water partition coefficient (Wildman–Crippen LogP) is 5.51. The average molecular weight is 271 g/mol. The van der Waals surface area contributed by atoms with E-state index in [2.05, 4.69) is 50.4 Å². The highest BCUT2D eigenvalue weighted by atomic mass is 19.1. The molecule has 1 unspecified atom stereocenters. The van der Waals surface area contributed by atoms with Crippen molar-refractivity contribution in [2.75, 3.05) is 5.32 Å². The smallest absolute Gasteiger partial charge is 0.123 e. The number of benzene rings is 2. The number of halogens is 1. The second kappa shape index (κ2) is 6.56. The minimum Gasteiger partial charge on any atom is -0.378 e. The van der Waals surface area contributed by atoms with Gasteiger partial charge in [0.05, 0.1) is 6.04 Å². The molecule has 1 nitrogen and oxygen atoms in total. The van der Waals surface area contributed by atoms with Gasteiger partial charge in [-0.15, -0.1) is 0 Å². The highest BCUT2D eigenvalue weighted by Gasteiger charge is 2.10.